The van der Waals surface area contributed by atoms with Crippen molar-refractivity contribution in [2.45, 2.75) is 39.2 Å². The van der Waals surface area contributed by atoms with Gasteiger partial charge in [-0.05, 0) is 30.0 Å². The first-order valence-corrected chi connectivity index (χ1v) is 5.59. The van der Waals surface area contributed by atoms with Crippen LogP contribution in [0.25, 0.3) is 0 Å². The number of ether oxygens (including phenoxy) is 1. The van der Waals surface area contributed by atoms with E-state index in [-0.39, 0.29) is 11.3 Å². The smallest absolute Gasteiger partial charge is 0.180 e. The molecule has 1 aromatic carbocycles. The van der Waals surface area contributed by atoms with E-state index in [1.54, 1.807) is 6.92 Å². The Labute approximate surface area is 102 Å². The number of amidine groups is 1. The average Bonchev–Trinajstić information content (AvgIpc) is 2.27. The Bertz CT molecular complexity index is 408. The lowest BCUT2D eigenvalue weighted by atomic mass is 9.87. The SMILES string of the molecule is CC(Oc1cccc(C(C)(C)C)c1)C(N)=NO. The highest BCUT2D eigenvalue weighted by molar-refractivity contribution is 5.84. The molecular weight excluding hydrogens is 216 g/mol. The molecule has 0 aliphatic heterocycles. The molecule has 0 saturated heterocycles. The normalized spacial score (nSPS) is 14.5. The first-order valence-electron chi connectivity index (χ1n) is 5.59. The number of rotatable bonds is 3. The lowest BCUT2D eigenvalue weighted by Crippen LogP contribution is -2.31. The minimum atomic E-state index is -0.449. The number of nitrogens with zero attached hydrogens (tertiary/aromatic N) is 1. The quantitative estimate of drug-likeness (QED) is 0.367. The van der Waals surface area contributed by atoms with Crippen LogP contribution in [0, 0.1) is 0 Å². The van der Waals surface area contributed by atoms with Gasteiger partial charge in [-0.2, -0.15) is 0 Å². The summed E-state index contributed by atoms with van der Waals surface area (Å²) in [7, 11) is 0. The predicted molar refractivity (Wildman–Crippen MR) is 68.6 cm³/mol. The molecule has 0 radical (unpaired) electrons. The van der Waals surface area contributed by atoms with Crippen LogP contribution in [0.1, 0.15) is 33.3 Å². The highest BCUT2D eigenvalue weighted by Crippen LogP contribution is 2.25. The summed E-state index contributed by atoms with van der Waals surface area (Å²) in [5.41, 5.74) is 6.71. The number of hydrogen-bond acceptors (Lipinski definition) is 3. The summed E-state index contributed by atoms with van der Waals surface area (Å²) in [6.45, 7) is 8.15. The molecule has 1 aromatic rings. The van der Waals surface area contributed by atoms with Crippen molar-refractivity contribution in [1.29, 1.82) is 0 Å². The third-order valence-electron chi connectivity index (χ3n) is 2.54. The molecule has 0 heterocycles. The van der Waals surface area contributed by atoms with E-state index in [0.29, 0.717) is 0 Å². The monoisotopic (exact) mass is 236 g/mol. The van der Waals surface area contributed by atoms with Gasteiger partial charge in [0.2, 0.25) is 0 Å². The minimum Gasteiger partial charge on any atom is -0.483 e. The highest BCUT2D eigenvalue weighted by atomic mass is 16.5. The molecule has 0 aliphatic rings. The van der Waals surface area contributed by atoms with E-state index < -0.39 is 6.10 Å². The van der Waals surface area contributed by atoms with Gasteiger partial charge in [0.1, 0.15) is 5.75 Å². The topological polar surface area (TPSA) is 67.8 Å². The van der Waals surface area contributed by atoms with Gasteiger partial charge >= 0.3 is 0 Å². The van der Waals surface area contributed by atoms with E-state index in [1.807, 2.05) is 18.2 Å². The fraction of sp³-hybridized carbons (Fsp3) is 0.462. The summed E-state index contributed by atoms with van der Waals surface area (Å²) in [5.74, 6) is 0.780. The molecule has 0 saturated carbocycles. The maximum absolute atomic E-state index is 8.55. The van der Waals surface area contributed by atoms with Crippen LogP contribution in [0.15, 0.2) is 29.4 Å². The van der Waals surface area contributed by atoms with E-state index in [0.717, 1.165) is 5.75 Å². The van der Waals surface area contributed by atoms with Crippen molar-refractivity contribution in [2.24, 2.45) is 10.9 Å². The maximum Gasteiger partial charge on any atom is 0.180 e. The van der Waals surface area contributed by atoms with Crippen LogP contribution in [0.2, 0.25) is 0 Å². The van der Waals surface area contributed by atoms with Crippen molar-refractivity contribution in [3.05, 3.63) is 29.8 Å². The summed E-state index contributed by atoms with van der Waals surface area (Å²) in [4.78, 5) is 0. The summed E-state index contributed by atoms with van der Waals surface area (Å²) in [6.07, 6.45) is -0.449. The average molecular weight is 236 g/mol. The van der Waals surface area contributed by atoms with Crippen molar-refractivity contribution in [2.75, 3.05) is 0 Å². The van der Waals surface area contributed by atoms with Gasteiger partial charge in [-0.3, -0.25) is 0 Å². The molecule has 17 heavy (non-hydrogen) atoms. The van der Waals surface area contributed by atoms with Gasteiger partial charge in [-0.25, -0.2) is 0 Å². The van der Waals surface area contributed by atoms with Crippen molar-refractivity contribution in [3.63, 3.8) is 0 Å². The van der Waals surface area contributed by atoms with Crippen molar-refractivity contribution >= 4 is 5.84 Å². The van der Waals surface area contributed by atoms with Crippen LogP contribution in [0.3, 0.4) is 0 Å². The molecule has 0 fully saturated rings. The number of hydrogen-bond donors (Lipinski definition) is 2. The van der Waals surface area contributed by atoms with Crippen LogP contribution < -0.4 is 10.5 Å². The molecule has 1 unspecified atom stereocenters. The third kappa shape index (κ3) is 3.66. The van der Waals surface area contributed by atoms with Gasteiger partial charge in [0.15, 0.2) is 11.9 Å². The zero-order valence-corrected chi connectivity index (χ0v) is 10.8. The van der Waals surface area contributed by atoms with Crippen LogP contribution in [0.4, 0.5) is 0 Å². The van der Waals surface area contributed by atoms with Crippen molar-refractivity contribution < 1.29 is 9.94 Å². The van der Waals surface area contributed by atoms with E-state index in [4.69, 9.17) is 15.7 Å². The molecule has 1 atom stereocenters. The van der Waals surface area contributed by atoms with Gasteiger partial charge in [0, 0.05) is 0 Å². The lowest BCUT2D eigenvalue weighted by molar-refractivity contribution is 0.265. The molecule has 94 valence electrons. The second kappa shape index (κ2) is 5.08. The van der Waals surface area contributed by atoms with Crippen LogP contribution >= 0.6 is 0 Å². The molecule has 4 nitrogen and oxygen atoms in total. The molecule has 1 rings (SSSR count). The van der Waals surface area contributed by atoms with Crippen LogP contribution in [0.5, 0.6) is 5.75 Å². The molecule has 4 heteroatoms. The third-order valence-corrected chi connectivity index (χ3v) is 2.54. The van der Waals surface area contributed by atoms with Gasteiger partial charge in [0.25, 0.3) is 0 Å². The molecule has 0 bridgehead atoms. The van der Waals surface area contributed by atoms with E-state index in [1.165, 1.54) is 5.56 Å². The Morgan fingerprint density at radius 2 is 2.06 bits per heavy atom. The summed E-state index contributed by atoms with van der Waals surface area (Å²) < 4.78 is 5.59. The molecule has 0 spiro atoms. The van der Waals surface area contributed by atoms with Gasteiger partial charge in [-0.15, -0.1) is 0 Å². The molecule has 3 N–H and O–H groups in total. The van der Waals surface area contributed by atoms with Gasteiger partial charge in [0.05, 0.1) is 0 Å². The number of oxime groups is 1. The fourth-order valence-electron chi connectivity index (χ4n) is 1.38. The Hall–Kier alpha value is -1.71. The van der Waals surface area contributed by atoms with E-state index >= 15 is 0 Å². The Morgan fingerprint density at radius 3 is 2.59 bits per heavy atom. The highest BCUT2D eigenvalue weighted by Gasteiger charge is 2.15. The minimum absolute atomic E-state index is 0.0613. The molecule has 0 aromatic heterocycles. The zero-order chi connectivity index (χ0) is 13.1. The lowest BCUT2D eigenvalue weighted by Gasteiger charge is -2.20. The molecule has 0 amide bonds. The van der Waals surface area contributed by atoms with Gasteiger partial charge < -0.3 is 15.7 Å². The number of benzene rings is 1. The number of nitrogens with two attached hydrogens (primary N) is 1. The summed E-state index contributed by atoms with van der Waals surface area (Å²) in [6, 6.07) is 7.83. The fourth-order valence-corrected chi connectivity index (χ4v) is 1.38. The Balaban J connectivity index is 2.87. The maximum atomic E-state index is 8.55. The van der Waals surface area contributed by atoms with Crippen LogP contribution in [-0.4, -0.2) is 17.1 Å². The first kappa shape index (κ1) is 13.4. The van der Waals surface area contributed by atoms with Crippen molar-refractivity contribution in [3.8, 4) is 5.75 Å². The largest absolute Gasteiger partial charge is 0.483 e. The van der Waals surface area contributed by atoms with E-state index in [2.05, 4.69) is 32.0 Å². The second-order valence-electron chi connectivity index (χ2n) is 5.06. The Kier molecular flexibility index (Phi) is 3.99. The summed E-state index contributed by atoms with van der Waals surface area (Å²) >= 11 is 0. The molecular formula is C13H20N2O2. The van der Waals surface area contributed by atoms with Gasteiger partial charge in [-0.1, -0.05) is 38.1 Å². The molecule has 0 aliphatic carbocycles. The summed E-state index contributed by atoms with van der Waals surface area (Å²) in [5, 5.41) is 11.5. The second-order valence-corrected chi connectivity index (χ2v) is 5.06. The predicted octanol–water partition coefficient (Wildman–Crippen LogP) is 2.50. The first-order chi connectivity index (χ1) is 7.84. The van der Waals surface area contributed by atoms with Crippen LogP contribution in [-0.2, 0) is 5.41 Å². The Morgan fingerprint density at radius 1 is 1.41 bits per heavy atom. The van der Waals surface area contributed by atoms with Crippen molar-refractivity contribution in [1.82, 2.24) is 0 Å². The standard InChI is InChI=1S/C13H20N2O2/c1-9(12(14)15-16)17-11-7-5-6-10(8-11)13(2,3)4/h5-9,16H,1-4H3,(H2,14,15). The zero-order valence-electron chi connectivity index (χ0n) is 10.8. The van der Waals surface area contributed by atoms with E-state index in [9.17, 15) is 0 Å².